The normalized spacial score (nSPS) is 9.64. The van der Waals surface area contributed by atoms with Crippen molar-refractivity contribution in [3.63, 3.8) is 0 Å². The van der Waals surface area contributed by atoms with Crippen molar-refractivity contribution in [2.45, 2.75) is 13.8 Å². The van der Waals surface area contributed by atoms with Crippen LogP contribution in [0.3, 0.4) is 0 Å². The summed E-state index contributed by atoms with van der Waals surface area (Å²) >= 11 is 3.13. The Morgan fingerprint density at radius 3 is 2.09 bits per heavy atom. The highest BCUT2D eigenvalue weighted by atomic mass is 79.9. The van der Waals surface area contributed by atoms with Crippen molar-refractivity contribution in [2.24, 2.45) is 0 Å². The predicted molar refractivity (Wildman–Crippen MR) is 54.8 cm³/mol. The summed E-state index contributed by atoms with van der Waals surface area (Å²) in [6.45, 7) is 11.1. The van der Waals surface area contributed by atoms with Gasteiger partial charge in [-0.25, -0.2) is 0 Å². The first-order valence-corrected chi connectivity index (χ1v) is 4.28. The van der Waals surface area contributed by atoms with E-state index in [0.29, 0.717) is 0 Å². The highest BCUT2D eigenvalue weighted by Crippen LogP contribution is 2.06. The molecule has 0 rings (SSSR count). The van der Waals surface area contributed by atoms with E-state index in [-0.39, 0.29) is 6.61 Å². The molecule has 0 aliphatic heterocycles. The molecule has 0 aromatic carbocycles. The van der Waals surface area contributed by atoms with Gasteiger partial charge in [-0.3, -0.25) is 0 Å². The van der Waals surface area contributed by atoms with Crippen LogP contribution < -0.4 is 0 Å². The lowest BCUT2D eigenvalue weighted by Crippen LogP contribution is -1.83. The van der Waals surface area contributed by atoms with Crippen LogP contribution in [0.25, 0.3) is 0 Å². The van der Waals surface area contributed by atoms with E-state index in [9.17, 15) is 0 Å². The van der Waals surface area contributed by atoms with Crippen molar-refractivity contribution in [3.05, 3.63) is 35.4 Å². The summed E-state index contributed by atoms with van der Waals surface area (Å²) in [6.07, 6.45) is 3.30. The highest BCUT2D eigenvalue weighted by Gasteiger charge is 1.86. The van der Waals surface area contributed by atoms with Crippen molar-refractivity contribution < 1.29 is 5.11 Å². The van der Waals surface area contributed by atoms with E-state index in [1.807, 2.05) is 13.8 Å². The van der Waals surface area contributed by atoms with Gasteiger partial charge in [0.15, 0.2) is 0 Å². The van der Waals surface area contributed by atoms with E-state index in [4.69, 9.17) is 5.11 Å². The van der Waals surface area contributed by atoms with Crippen molar-refractivity contribution in [1.82, 2.24) is 0 Å². The molecule has 64 valence electrons. The van der Waals surface area contributed by atoms with Crippen LogP contribution in [-0.4, -0.2) is 11.7 Å². The van der Waals surface area contributed by atoms with Crippen LogP contribution in [-0.2, 0) is 0 Å². The molecule has 0 aromatic rings. The van der Waals surface area contributed by atoms with Gasteiger partial charge in [-0.1, -0.05) is 49.0 Å². The molecule has 1 N–H and O–H groups in total. The molecule has 0 atom stereocenters. The van der Waals surface area contributed by atoms with Gasteiger partial charge in [-0.15, -0.1) is 0 Å². The fourth-order valence-electron chi connectivity index (χ4n) is 0.370. The average Bonchev–Trinajstić information content (AvgIpc) is 2.03. The standard InChI is InChI=1S/C7H9BrO.C2H6/c1-3-7(5-9)4-6(2)8;1-2/h3-4,9H,1-2,5H2;1-2H3/b7-4+;. The molecule has 0 radical (unpaired) electrons. The smallest absolute Gasteiger partial charge is 0.0682 e. The molecule has 0 bridgehead atoms. The minimum Gasteiger partial charge on any atom is -0.392 e. The molecule has 0 saturated heterocycles. The first-order chi connectivity index (χ1) is 5.20. The van der Waals surface area contributed by atoms with Crippen LogP contribution in [0.5, 0.6) is 0 Å². The molecule has 0 heterocycles. The summed E-state index contributed by atoms with van der Waals surface area (Å²) in [7, 11) is 0. The second-order valence-electron chi connectivity index (χ2n) is 1.53. The van der Waals surface area contributed by atoms with E-state index >= 15 is 0 Å². The predicted octanol–water partition coefficient (Wildman–Crippen LogP) is 3.03. The van der Waals surface area contributed by atoms with Gasteiger partial charge < -0.3 is 5.11 Å². The molecule has 0 aromatic heterocycles. The first kappa shape index (κ1) is 13.3. The molecule has 0 amide bonds. The largest absolute Gasteiger partial charge is 0.392 e. The number of halogens is 1. The minimum atomic E-state index is 0.00806. The Bertz CT molecular complexity index is 148. The minimum absolute atomic E-state index is 0.00806. The number of allylic oxidation sites excluding steroid dienone is 2. The van der Waals surface area contributed by atoms with Gasteiger partial charge in [-0.2, -0.15) is 0 Å². The molecular weight excluding hydrogens is 204 g/mol. The second kappa shape index (κ2) is 9.66. The van der Waals surface area contributed by atoms with Crippen LogP contribution in [0.4, 0.5) is 0 Å². The summed E-state index contributed by atoms with van der Waals surface area (Å²) in [6, 6.07) is 0. The van der Waals surface area contributed by atoms with Gasteiger partial charge in [0.2, 0.25) is 0 Å². The summed E-state index contributed by atoms with van der Waals surface area (Å²) in [5.41, 5.74) is 0.761. The van der Waals surface area contributed by atoms with Crippen molar-refractivity contribution in [2.75, 3.05) is 6.61 Å². The summed E-state index contributed by atoms with van der Waals surface area (Å²) in [5, 5.41) is 8.57. The Labute approximate surface area is 77.3 Å². The molecular formula is C9H15BrO. The Morgan fingerprint density at radius 2 is 2.00 bits per heavy atom. The number of hydrogen-bond acceptors (Lipinski definition) is 1. The Balaban J connectivity index is 0. The lowest BCUT2D eigenvalue weighted by Gasteiger charge is -1.92. The van der Waals surface area contributed by atoms with Crippen LogP contribution in [0, 0.1) is 0 Å². The van der Waals surface area contributed by atoms with E-state index in [1.54, 1.807) is 12.2 Å². The number of rotatable bonds is 3. The maximum atomic E-state index is 8.57. The second-order valence-corrected chi connectivity index (χ2v) is 2.55. The molecule has 2 heteroatoms. The Hall–Kier alpha value is -0.340. The number of aliphatic hydroxyl groups is 1. The van der Waals surface area contributed by atoms with E-state index in [2.05, 4.69) is 29.1 Å². The maximum Gasteiger partial charge on any atom is 0.0682 e. The molecule has 0 fully saturated rings. The van der Waals surface area contributed by atoms with Gasteiger partial charge in [0.25, 0.3) is 0 Å². The zero-order chi connectivity index (χ0) is 9.28. The van der Waals surface area contributed by atoms with Crippen molar-refractivity contribution in [3.8, 4) is 0 Å². The third-order valence-corrected chi connectivity index (χ3v) is 1.02. The summed E-state index contributed by atoms with van der Waals surface area (Å²) in [5.74, 6) is 0. The quantitative estimate of drug-likeness (QED) is 0.723. The summed E-state index contributed by atoms with van der Waals surface area (Å²) < 4.78 is 0.742. The third kappa shape index (κ3) is 9.66. The van der Waals surface area contributed by atoms with Gasteiger partial charge in [0.1, 0.15) is 0 Å². The number of aliphatic hydroxyl groups excluding tert-OH is 1. The highest BCUT2D eigenvalue weighted by molar-refractivity contribution is 9.11. The van der Waals surface area contributed by atoms with Crippen LogP contribution in [0.15, 0.2) is 35.4 Å². The monoisotopic (exact) mass is 218 g/mol. The fourth-order valence-corrected chi connectivity index (χ4v) is 0.664. The van der Waals surface area contributed by atoms with E-state index < -0.39 is 0 Å². The molecule has 1 nitrogen and oxygen atoms in total. The van der Waals surface area contributed by atoms with Gasteiger partial charge in [0.05, 0.1) is 6.61 Å². The van der Waals surface area contributed by atoms with Crippen LogP contribution in [0.1, 0.15) is 13.8 Å². The maximum absolute atomic E-state index is 8.57. The van der Waals surface area contributed by atoms with Crippen molar-refractivity contribution in [1.29, 1.82) is 0 Å². The van der Waals surface area contributed by atoms with Crippen LogP contribution >= 0.6 is 15.9 Å². The molecule has 0 unspecified atom stereocenters. The molecule has 0 aliphatic carbocycles. The average molecular weight is 219 g/mol. The summed E-state index contributed by atoms with van der Waals surface area (Å²) in [4.78, 5) is 0. The Kier molecular flexibility index (Phi) is 11.6. The Morgan fingerprint density at radius 1 is 1.55 bits per heavy atom. The first-order valence-electron chi connectivity index (χ1n) is 3.49. The molecule has 0 aliphatic rings. The zero-order valence-corrected chi connectivity index (χ0v) is 8.69. The van der Waals surface area contributed by atoms with Gasteiger partial charge in [-0.05, 0) is 11.6 Å². The SMILES string of the molecule is C=C/C(=C\C(=C)Br)CO.CC. The van der Waals surface area contributed by atoms with Crippen LogP contribution in [0.2, 0.25) is 0 Å². The van der Waals surface area contributed by atoms with E-state index in [1.165, 1.54) is 0 Å². The molecule has 0 spiro atoms. The molecule has 11 heavy (non-hydrogen) atoms. The fraction of sp³-hybridized carbons (Fsp3) is 0.333. The molecule has 0 saturated carbocycles. The lowest BCUT2D eigenvalue weighted by atomic mass is 10.2. The van der Waals surface area contributed by atoms with Gasteiger partial charge in [0, 0.05) is 4.48 Å². The number of hydrogen-bond donors (Lipinski definition) is 1. The van der Waals surface area contributed by atoms with E-state index in [0.717, 1.165) is 10.1 Å². The third-order valence-electron chi connectivity index (χ3n) is 0.787. The zero-order valence-electron chi connectivity index (χ0n) is 7.10. The van der Waals surface area contributed by atoms with Crippen molar-refractivity contribution >= 4 is 15.9 Å². The lowest BCUT2D eigenvalue weighted by molar-refractivity contribution is 0.335. The van der Waals surface area contributed by atoms with Gasteiger partial charge >= 0.3 is 0 Å². The topological polar surface area (TPSA) is 20.2 Å².